The fourth-order valence-corrected chi connectivity index (χ4v) is 3.44. The van der Waals surface area contributed by atoms with Crippen LogP contribution in [-0.2, 0) is 12.6 Å². The largest absolute Gasteiger partial charge is 0.416 e. The van der Waals surface area contributed by atoms with E-state index in [0.717, 1.165) is 18.2 Å². The van der Waals surface area contributed by atoms with Gasteiger partial charge in [-0.15, -0.1) is 0 Å². The minimum Gasteiger partial charge on any atom is -0.308 e. The predicted molar refractivity (Wildman–Crippen MR) is 116 cm³/mol. The Morgan fingerprint density at radius 3 is 2.44 bits per heavy atom. The summed E-state index contributed by atoms with van der Waals surface area (Å²) in [5.74, 6) is -1.78. The highest BCUT2D eigenvalue weighted by atomic mass is 19.4. The Labute approximate surface area is 188 Å². The molecule has 4 rings (SSSR count). The molecule has 1 aromatic heterocycles. The van der Waals surface area contributed by atoms with Crippen LogP contribution in [0.3, 0.4) is 0 Å². The van der Waals surface area contributed by atoms with E-state index >= 15 is 0 Å². The molecule has 0 aliphatic heterocycles. The molecule has 0 bridgehead atoms. The molecule has 0 saturated heterocycles. The van der Waals surface area contributed by atoms with Gasteiger partial charge in [0.2, 0.25) is 0 Å². The van der Waals surface area contributed by atoms with E-state index in [2.05, 4.69) is 20.8 Å². The van der Waals surface area contributed by atoms with E-state index in [4.69, 9.17) is 0 Å². The summed E-state index contributed by atoms with van der Waals surface area (Å²) in [5.41, 5.74) is -1.33. The van der Waals surface area contributed by atoms with Crippen LogP contribution in [0.4, 0.5) is 38.1 Å². The Balaban J connectivity index is 1.61. The lowest BCUT2D eigenvalue weighted by Gasteiger charge is -2.13. The number of nitrogens with zero attached hydrogens (tertiary/aromatic N) is 1. The van der Waals surface area contributed by atoms with E-state index in [1.54, 1.807) is 0 Å². The summed E-state index contributed by atoms with van der Waals surface area (Å²) >= 11 is 0. The van der Waals surface area contributed by atoms with E-state index in [1.807, 2.05) is 0 Å². The van der Waals surface area contributed by atoms with Crippen molar-refractivity contribution >= 4 is 28.2 Å². The van der Waals surface area contributed by atoms with Crippen molar-refractivity contribution in [2.45, 2.75) is 12.6 Å². The number of hydrogen-bond acceptors (Lipinski definition) is 3. The minimum atomic E-state index is -4.55. The van der Waals surface area contributed by atoms with Crippen molar-refractivity contribution in [1.82, 2.24) is 10.2 Å². The van der Waals surface area contributed by atoms with Gasteiger partial charge in [-0.25, -0.2) is 18.7 Å². The second-order valence-corrected chi connectivity index (χ2v) is 7.29. The number of fused-ring (bicyclic) bond motifs is 1. The Morgan fingerprint density at radius 1 is 0.941 bits per heavy atom. The van der Waals surface area contributed by atoms with E-state index in [-0.39, 0.29) is 34.4 Å². The number of amides is 2. The van der Waals surface area contributed by atoms with Gasteiger partial charge in [0.1, 0.15) is 11.6 Å². The monoisotopic (exact) mass is 474 g/mol. The van der Waals surface area contributed by atoms with Crippen molar-refractivity contribution in [3.05, 3.63) is 99.5 Å². The topological polar surface area (TPSA) is 86.9 Å². The van der Waals surface area contributed by atoms with Crippen LogP contribution in [0.15, 0.2) is 65.5 Å². The molecule has 11 heteroatoms. The third-order valence-corrected chi connectivity index (χ3v) is 4.99. The summed E-state index contributed by atoms with van der Waals surface area (Å²) < 4.78 is 66.8. The first kappa shape index (κ1) is 22.9. The van der Waals surface area contributed by atoms with Crippen molar-refractivity contribution in [2.24, 2.45) is 0 Å². The van der Waals surface area contributed by atoms with E-state index in [0.29, 0.717) is 11.5 Å². The van der Waals surface area contributed by atoms with Crippen molar-refractivity contribution in [1.29, 1.82) is 0 Å². The molecule has 0 aliphatic carbocycles. The Bertz CT molecular complexity index is 1450. The standard InChI is InChI=1S/C23H15F5N4O2/c24-13-5-8-19(18(25)10-13)30-22(34)29-14-6-7-15-16(11-14)21(33)32-31-20(15)9-12-3-1-2-4-17(12)23(26,27)28/h1-8,10-11H,9H2,(H,32,33)(H2,29,30,34). The second-order valence-electron chi connectivity index (χ2n) is 7.29. The molecule has 0 aliphatic rings. The summed E-state index contributed by atoms with van der Waals surface area (Å²) in [6, 6.07) is 11.0. The first-order valence-corrected chi connectivity index (χ1v) is 9.81. The molecule has 0 unspecified atom stereocenters. The number of benzene rings is 3. The lowest BCUT2D eigenvalue weighted by Crippen LogP contribution is -2.20. The molecule has 3 aromatic carbocycles. The third-order valence-electron chi connectivity index (χ3n) is 4.99. The zero-order valence-corrected chi connectivity index (χ0v) is 17.1. The lowest BCUT2D eigenvalue weighted by molar-refractivity contribution is -0.138. The first-order chi connectivity index (χ1) is 16.1. The number of carbonyl (C=O) groups excluding carboxylic acids is 1. The van der Waals surface area contributed by atoms with Crippen LogP contribution < -0.4 is 16.2 Å². The van der Waals surface area contributed by atoms with Crippen molar-refractivity contribution in [3.8, 4) is 0 Å². The number of aromatic amines is 1. The maximum absolute atomic E-state index is 13.7. The zero-order valence-electron chi connectivity index (χ0n) is 17.1. The van der Waals surface area contributed by atoms with Gasteiger partial charge in [-0.3, -0.25) is 4.79 Å². The molecule has 3 N–H and O–H groups in total. The molecule has 0 saturated carbocycles. The number of anilines is 2. The smallest absolute Gasteiger partial charge is 0.308 e. The number of H-pyrrole nitrogens is 1. The molecule has 4 aromatic rings. The molecular weight excluding hydrogens is 459 g/mol. The highest BCUT2D eigenvalue weighted by Gasteiger charge is 2.33. The van der Waals surface area contributed by atoms with Crippen LogP contribution in [0.25, 0.3) is 10.8 Å². The van der Waals surface area contributed by atoms with Crippen LogP contribution in [0, 0.1) is 11.6 Å². The Kier molecular flexibility index (Phi) is 6.01. The van der Waals surface area contributed by atoms with Gasteiger partial charge < -0.3 is 10.6 Å². The number of hydrogen-bond donors (Lipinski definition) is 3. The molecule has 0 atom stereocenters. The Morgan fingerprint density at radius 2 is 1.71 bits per heavy atom. The number of aromatic nitrogens is 2. The molecule has 34 heavy (non-hydrogen) atoms. The van der Waals surface area contributed by atoms with Gasteiger partial charge in [0.25, 0.3) is 5.56 Å². The maximum atomic E-state index is 13.7. The molecule has 0 fully saturated rings. The predicted octanol–water partition coefficient (Wildman–Crippen LogP) is 5.45. The summed E-state index contributed by atoms with van der Waals surface area (Å²) in [6.07, 6.45) is -4.75. The molecule has 174 valence electrons. The molecule has 2 amide bonds. The fourth-order valence-electron chi connectivity index (χ4n) is 3.44. The van der Waals surface area contributed by atoms with Gasteiger partial charge in [-0.05, 0) is 35.9 Å². The fraction of sp³-hybridized carbons (Fsp3) is 0.0870. The Hall–Kier alpha value is -4.28. The summed E-state index contributed by atoms with van der Waals surface area (Å²) in [5, 5.41) is 11.2. The van der Waals surface area contributed by atoms with Crippen LogP contribution in [0.5, 0.6) is 0 Å². The van der Waals surface area contributed by atoms with Crippen LogP contribution in [0.1, 0.15) is 16.8 Å². The number of carbonyl (C=O) groups is 1. The third kappa shape index (κ3) is 4.87. The van der Waals surface area contributed by atoms with E-state index < -0.39 is 35.0 Å². The lowest BCUT2D eigenvalue weighted by atomic mass is 9.99. The highest BCUT2D eigenvalue weighted by molar-refractivity contribution is 6.01. The van der Waals surface area contributed by atoms with Crippen LogP contribution in [-0.4, -0.2) is 16.2 Å². The number of rotatable bonds is 4. The average molecular weight is 474 g/mol. The van der Waals surface area contributed by atoms with Gasteiger partial charge in [0, 0.05) is 23.6 Å². The normalized spacial score (nSPS) is 11.4. The number of alkyl halides is 3. The molecular formula is C23H15F5N4O2. The SMILES string of the molecule is O=C(Nc1ccc2c(Cc3ccccc3C(F)(F)F)n[nH]c(=O)c2c1)Nc1ccc(F)cc1F. The summed E-state index contributed by atoms with van der Waals surface area (Å²) in [7, 11) is 0. The van der Waals surface area contributed by atoms with Gasteiger partial charge in [0.15, 0.2) is 0 Å². The van der Waals surface area contributed by atoms with Gasteiger partial charge in [-0.2, -0.15) is 18.3 Å². The maximum Gasteiger partial charge on any atom is 0.416 e. The van der Waals surface area contributed by atoms with E-state index in [1.165, 1.54) is 36.4 Å². The van der Waals surface area contributed by atoms with Crippen LogP contribution in [0.2, 0.25) is 0 Å². The van der Waals surface area contributed by atoms with Gasteiger partial charge >= 0.3 is 12.2 Å². The highest BCUT2D eigenvalue weighted by Crippen LogP contribution is 2.33. The second kappa shape index (κ2) is 8.93. The van der Waals surface area contributed by atoms with Gasteiger partial charge in [-0.1, -0.05) is 24.3 Å². The van der Waals surface area contributed by atoms with Crippen molar-refractivity contribution < 1.29 is 26.7 Å². The van der Waals surface area contributed by atoms with Crippen molar-refractivity contribution in [2.75, 3.05) is 10.6 Å². The van der Waals surface area contributed by atoms with Crippen molar-refractivity contribution in [3.63, 3.8) is 0 Å². The van der Waals surface area contributed by atoms with E-state index in [9.17, 15) is 31.5 Å². The average Bonchev–Trinajstić information content (AvgIpc) is 2.77. The first-order valence-electron chi connectivity index (χ1n) is 9.81. The number of urea groups is 1. The summed E-state index contributed by atoms with van der Waals surface area (Å²) in [4.78, 5) is 24.5. The quantitative estimate of drug-likeness (QED) is 0.344. The summed E-state index contributed by atoms with van der Waals surface area (Å²) in [6.45, 7) is 0. The zero-order chi connectivity index (χ0) is 24.5. The van der Waals surface area contributed by atoms with Gasteiger partial charge in [0.05, 0.1) is 22.3 Å². The molecule has 0 spiro atoms. The number of nitrogens with one attached hydrogen (secondary N) is 3. The molecule has 6 nitrogen and oxygen atoms in total. The molecule has 1 heterocycles. The van der Waals surface area contributed by atoms with Crippen LogP contribution >= 0.6 is 0 Å². The number of halogens is 5. The molecule has 0 radical (unpaired) electrons. The minimum absolute atomic E-state index is 0.0150.